The topological polar surface area (TPSA) is 55.5 Å². The normalized spacial score (nSPS) is 12.9. The highest BCUT2D eigenvalue weighted by Gasteiger charge is 2.13. The number of rotatable bonds is 4. The Hall–Kier alpha value is -1.22. The van der Waals surface area contributed by atoms with Crippen molar-refractivity contribution in [2.45, 2.75) is 26.3 Å². The zero-order valence-corrected chi connectivity index (χ0v) is 9.53. The molecule has 3 nitrogen and oxygen atoms in total. The smallest absolute Gasteiger partial charge is 0.160 e. The summed E-state index contributed by atoms with van der Waals surface area (Å²) in [7, 11) is 1.54. The van der Waals surface area contributed by atoms with E-state index in [-0.39, 0.29) is 11.8 Å². The zero-order valence-electron chi connectivity index (χ0n) is 9.53. The van der Waals surface area contributed by atoms with Crippen LogP contribution >= 0.6 is 0 Å². The molecule has 0 heterocycles. The molecule has 3 heteroatoms. The van der Waals surface area contributed by atoms with E-state index in [2.05, 4.69) is 13.8 Å². The number of hydrogen-bond acceptors (Lipinski definition) is 3. The summed E-state index contributed by atoms with van der Waals surface area (Å²) < 4.78 is 5.04. The molecule has 1 atom stereocenters. The van der Waals surface area contributed by atoms with Crippen molar-refractivity contribution in [3.63, 3.8) is 0 Å². The lowest BCUT2D eigenvalue weighted by atomic mass is 9.97. The van der Waals surface area contributed by atoms with Gasteiger partial charge in [-0.2, -0.15) is 0 Å². The minimum Gasteiger partial charge on any atom is -0.504 e. The van der Waals surface area contributed by atoms with Crippen molar-refractivity contribution in [3.8, 4) is 11.5 Å². The van der Waals surface area contributed by atoms with Gasteiger partial charge >= 0.3 is 0 Å². The molecule has 0 amide bonds. The van der Waals surface area contributed by atoms with Crippen molar-refractivity contribution < 1.29 is 9.84 Å². The fourth-order valence-electron chi connectivity index (χ4n) is 1.39. The molecule has 0 fully saturated rings. The second kappa shape index (κ2) is 5.03. The summed E-state index contributed by atoms with van der Waals surface area (Å²) in [6, 6.07) is 5.53. The van der Waals surface area contributed by atoms with Gasteiger partial charge in [-0.1, -0.05) is 26.0 Å². The maximum atomic E-state index is 9.84. The number of hydrogen-bond donors (Lipinski definition) is 2. The summed E-state index contributed by atoms with van der Waals surface area (Å²) in [6.07, 6.45) is 0.667. The number of benzene rings is 1. The van der Waals surface area contributed by atoms with Crippen LogP contribution in [-0.4, -0.2) is 18.3 Å². The summed E-state index contributed by atoms with van der Waals surface area (Å²) >= 11 is 0. The molecular weight excluding hydrogens is 190 g/mol. The summed E-state index contributed by atoms with van der Waals surface area (Å²) in [5.74, 6) is 1.11. The highest BCUT2D eigenvalue weighted by molar-refractivity contribution is 5.45. The molecule has 15 heavy (non-hydrogen) atoms. The molecule has 0 aliphatic heterocycles. The van der Waals surface area contributed by atoms with Crippen LogP contribution in [0.25, 0.3) is 0 Å². The first-order valence-corrected chi connectivity index (χ1v) is 5.16. The molecule has 0 radical (unpaired) electrons. The van der Waals surface area contributed by atoms with Crippen molar-refractivity contribution in [2.75, 3.05) is 7.11 Å². The predicted octanol–water partition coefficient (Wildman–Crippen LogP) is 1.93. The number of nitrogens with two attached hydrogens (primary N) is 1. The van der Waals surface area contributed by atoms with Crippen LogP contribution in [0.4, 0.5) is 0 Å². The highest BCUT2D eigenvalue weighted by atomic mass is 16.5. The van der Waals surface area contributed by atoms with Crippen molar-refractivity contribution in [3.05, 3.63) is 23.8 Å². The molecule has 1 aromatic carbocycles. The largest absolute Gasteiger partial charge is 0.504 e. The Bertz CT molecular complexity index is 323. The SMILES string of the molecule is COc1cccc(CC(N)C(C)C)c1O. The molecule has 84 valence electrons. The van der Waals surface area contributed by atoms with E-state index >= 15 is 0 Å². The highest BCUT2D eigenvalue weighted by Crippen LogP contribution is 2.30. The van der Waals surface area contributed by atoms with Crippen LogP contribution in [0, 0.1) is 5.92 Å². The Kier molecular flexibility index (Phi) is 3.97. The quantitative estimate of drug-likeness (QED) is 0.796. The molecule has 0 bridgehead atoms. The van der Waals surface area contributed by atoms with Gasteiger partial charge in [0.1, 0.15) is 0 Å². The van der Waals surface area contributed by atoms with E-state index in [9.17, 15) is 5.11 Å². The number of phenols is 1. The van der Waals surface area contributed by atoms with Crippen LogP contribution in [0.5, 0.6) is 11.5 Å². The molecule has 1 aromatic rings. The lowest BCUT2D eigenvalue weighted by Gasteiger charge is -2.17. The van der Waals surface area contributed by atoms with Gasteiger partial charge in [-0.3, -0.25) is 0 Å². The van der Waals surface area contributed by atoms with Gasteiger partial charge in [0.05, 0.1) is 7.11 Å². The molecule has 3 N–H and O–H groups in total. The maximum Gasteiger partial charge on any atom is 0.160 e. The molecule has 1 rings (SSSR count). The number of phenolic OH excluding ortho intramolecular Hbond substituents is 1. The third-order valence-corrected chi connectivity index (χ3v) is 2.61. The summed E-state index contributed by atoms with van der Waals surface area (Å²) in [5, 5.41) is 9.84. The van der Waals surface area contributed by atoms with Crippen LogP contribution in [0.3, 0.4) is 0 Å². The molecule has 0 saturated carbocycles. The fraction of sp³-hybridized carbons (Fsp3) is 0.500. The fourth-order valence-corrected chi connectivity index (χ4v) is 1.39. The van der Waals surface area contributed by atoms with E-state index < -0.39 is 0 Å². The first-order valence-electron chi connectivity index (χ1n) is 5.16. The van der Waals surface area contributed by atoms with E-state index in [0.29, 0.717) is 18.1 Å². The lowest BCUT2D eigenvalue weighted by Crippen LogP contribution is -2.28. The molecule has 0 aliphatic rings. The van der Waals surface area contributed by atoms with Crippen LogP contribution in [0.15, 0.2) is 18.2 Å². The molecule has 0 aliphatic carbocycles. The van der Waals surface area contributed by atoms with Crippen LogP contribution < -0.4 is 10.5 Å². The van der Waals surface area contributed by atoms with Gasteiger partial charge < -0.3 is 15.6 Å². The Morgan fingerprint density at radius 1 is 1.40 bits per heavy atom. The van der Waals surface area contributed by atoms with Gasteiger partial charge in [-0.05, 0) is 24.0 Å². The third kappa shape index (κ3) is 2.86. The van der Waals surface area contributed by atoms with Crippen LogP contribution in [-0.2, 0) is 6.42 Å². The minimum atomic E-state index is 0.0583. The third-order valence-electron chi connectivity index (χ3n) is 2.61. The van der Waals surface area contributed by atoms with E-state index in [1.54, 1.807) is 13.2 Å². The van der Waals surface area contributed by atoms with Gasteiger partial charge in [0.15, 0.2) is 11.5 Å². The van der Waals surface area contributed by atoms with Gasteiger partial charge in [0, 0.05) is 6.04 Å². The average molecular weight is 209 g/mol. The Balaban J connectivity index is 2.86. The van der Waals surface area contributed by atoms with Gasteiger partial charge in [0.2, 0.25) is 0 Å². The van der Waals surface area contributed by atoms with Crippen LogP contribution in [0.2, 0.25) is 0 Å². The monoisotopic (exact) mass is 209 g/mol. The molecule has 0 aromatic heterocycles. The Labute approximate surface area is 90.9 Å². The number of para-hydroxylation sites is 1. The minimum absolute atomic E-state index is 0.0583. The van der Waals surface area contributed by atoms with E-state index in [1.165, 1.54) is 0 Å². The second-order valence-corrected chi connectivity index (χ2v) is 4.08. The number of ether oxygens (including phenoxy) is 1. The van der Waals surface area contributed by atoms with E-state index in [0.717, 1.165) is 5.56 Å². The van der Waals surface area contributed by atoms with Gasteiger partial charge in [0.25, 0.3) is 0 Å². The van der Waals surface area contributed by atoms with Crippen LogP contribution in [0.1, 0.15) is 19.4 Å². The first-order chi connectivity index (χ1) is 7.06. The Morgan fingerprint density at radius 2 is 2.07 bits per heavy atom. The van der Waals surface area contributed by atoms with Crippen molar-refractivity contribution in [1.29, 1.82) is 0 Å². The average Bonchev–Trinajstić information content (AvgIpc) is 2.21. The first kappa shape index (κ1) is 11.9. The van der Waals surface area contributed by atoms with Gasteiger partial charge in [-0.25, -0.2) is 0 Å². The molecule has 0 saturated heterocycles. The number of methoxy groups -OCH3 is 1. The summed E-state index contributed by atoms with van der Waals surface area (Å²) in [4.78, 5) is 0. The standard InChI is InChI=1S/C12H19NO2/c1-8(2)10(13)7-9-5-4-6-11(15-3)12(9)14/h4-6,8,10,14H,7,13H2,1-3H3. The maximum absolute atomic E-state index is 9.84. The van der Waals surface area contributed by atoms with Crippen molar-refractivity contribution >= 4 is 0 Å². The Morgan fingerprint density at radius 3 is 2.60 bits per heavy atom. The van der Waals surface area contributed by atoms with E-state index in [4.69, 9.17) is 10.5 Å². The predicted molar refractivity (Wildman–Crippen MR) is 61.2 cm³/mol. The lowest BCUT2D eigenvalue weighted by molar-refractivity contribution is 0.368. The van der Waals surface area contributed by atoms with Crippen molar-refractivity contribution in [1.82, 2.24) is 0 Å². The molecular formula is C12H19NO2. The van der Waals surface area contributed by atoms with Gasteiger partial charge in [-0.15, -0.1) is 0 Å². The summed E-state index contributed by atoms with van der Waals surface area (Å²) in [5.41, 5.74) is 6.80. The van der Waals surface area contributed by atoms with E-state index in [1.807, 2.05) is 12.1 Å². The van der Waals surface area contributed by atoms with Crippen molar-refractivity contribution in [2.24, 2.45) is 11.7 Å². The summed E-state index contributed by atoms with van der Waals surface area (Å²) in [6.45, 7) is 4.14. The zero-order chi connectivity index (χ0) is 11.4. The second-order valence-electron chi connectivity index (χ2n) is 4.08. The molecule has 1 unspecified atom stereocenters. The molecule has 0 spiro atoms. The number of aromatic hydroxyl groups is 1.